The summed E-state index contributed by atoms with van der Waals surface area (Å²) in [7, 11) is 4.05. The van der Waals surface area contributed by atoms with Gasteiger partial charge in [0.25, 0.3) is 0 Å². The molecule has 3 rings (SSSR count). The van der Waals surface area contributed by atoms with E-state index in [4.69, 9.17) is 4.42 Å². The maximum absolute atomic E-state index is 12.1. The summed E-state index contributed by atoms with van der Waals surface area (Å²) in [5.41, 5.74) is 4.95. The third kappa shape index (κ3) is 4.43. The smallest absolute Gasteiger partial charge is 0.188 e. The molecule has 5 nitrogen and oxygen atoms in total. The van der Waals surface area contributed by atoms with E-state index in [1.165, 1.54) is 11.8 Å². The van der Waals surface area contributed by atoms with Gasteiger partial charge >= 0.3 is 0 Å². The topological polar surface area (TPSA) is 65.7 Å². The molecule has 28 heavy (non-hydrogen) atoms. The monoisotopic (exact) mass is 378 g/mol. The van der Waals surface area contributed by atoms with Crippen LogP contribution in [-0.2, 0) is 19.6 Å². The summed E-state index contributed by atoms with van der Waals surface area (Å²) in [4.78, 5) is 14.2. The van der Waals surface area contributed by atoms with Crippen LogP contribution in [0, 0.1) is 0 Å². The zero-order valence-electron chi connectivity index (χ0n) is 16.5. The molecule has 0 saturated carbocycles. The highest BCUT2D eigenvalue weighted by Crippen LogP contribution is 2.24. The first-order chi connectivity index (χ1) is 13.5. The summed E-state index contributed by atoms with van der Waals surface area (Å²) >= 11 is 0. The van der Waals surface area contributed by atoms with E-state index in [1.54, 1.807) is 0 Å². The lowest BCUT2D eigenvalue weighted by Gasteiger charge is -2.13. The fourth-order valence-electron chi connectivity index (χ4n) is 3.13. The van der Waals surface area contributed by atoms with Crippen molar-refractivity contribution in [1.29, 1.82) is 0 Å². The normalized spacial score (nSPS) is 10.7. The molecular weight excluding hydrogens is 352 g/mol. The number of nitrogens with zero attached hydrogens (tertiary/aromatic N) is 1. The van der Waals surface area contributed by atoms with Gasteiger partial charge in [0.05, 0.1) is 6.54 Å². The molecule has 1 aromatic heterocycles. The third-order valence-electron chi connectivity index (χ3n) is 4.74. The molecule has 0 radical (unpaired) electrons. The number of aliphatic hydroxyl groups excluding tert-OH is 1. The van der Waals surface area contributed by atoms with Crippen LogP contribution in [0.2, 0.25) is 0 Å². The Kier molecular flexibility index (Phi) is 6.16. The van der Waals surface area contributed by atoms with Gasteiger partial charge in [-0.25, -0.2) is 0 Å². The van der Waals surface area contributed by atoms with Crippen molar-refractivity contribution in [3.8, 4) is 11.1 Å². The second-order valence-corrected chi connectivity index (χ2v) is 6.86. The Labute approximate surface area is 165 Å². The molecule has 0 aliphatic carbocycles. The van der Waals surface area contributed by atoms with Crippen molar-refractivity contribution >= 4 is 11.4 Å². The van der Waals surface area contributed by atoms with E-state index in [0.29, 0.717) is 24.3 Å². The molecule has 0 fully saturated rings. The van der Waals surface area contributed by atoms with Crippen molar-refractivity contribution in [2.75, 3.05) is 24.3 Å². The van der Waals surface area contributed by atoms with Gasteiger partial charge in [-0.15, -0.1) is 0 Å². The number of hydrogen-bond acceptors (Lipinski definition) is 5. The predicted octanol–water partition coefficient (Wildman–Crippen LogP) is 4.04. The maximum atomic E-state index is 12.1. The predicted molar refractivity (Wildman–Crippen MR) is 114 cm³/mol. The zero-order chi connectivity index (χ0) is 20.1. The number of rotatable bonds is 7. The van der Waals surface area contributed by atoms with Gasteiger partial charge in [-0.2, -0.15) is 0 Å². The number of hydrogen-bond donors (Lipinski definition) is 2. The van der Waals surface area contributed by atoms with Gasteiger partial charge in [-0.3, -0.25) is 4.79 Å². The van der Waals surface area contributed by atoms with E-state index >= 15 is 0 Å². The average molecular weight is 378 g/mol. The van der Waals surface area contributed by atoms with E-state index < -0.39 is 0 Å². The minimum Gasteiger partial charge on any atom is -0.461 e. The molecule has 1 heterocycles. The van der Waals surface area contributed by atoms with Gasteiger partial charge in [0, 0.05) is 37.1 Å². The Hall–Kier alpha value is -3.05. The second kappa shape index (κ2) is 8.76. The minimum absolute atomic E-state index is 0.0916. The Morgan fingerprint density at radius 1 is 1.00 bits per heavy atom. The first kappa shape index (κ1) is 19.7. The summed E-state index contributed by atoms with van der Waals surface area (Å²) in [5, 5.41) is 12.6. The molecule has 0 bridgehead atoms. The quantitative estimate of drug-likeness (QED) is 0.650. The molecule has 0 saturated heterocycles. The van der Waals surface area contributed by atoms with Crippen molar-refractivity contribution < 1.29 is 9.52 Å². The molecule has 0 unspecified atom stereocenters. The van der Waals surface area contributed by atoms with Crippen molar-refractivity contribution in [2.24, 2.45) is 0 Å². The number of nitrogens with one attached hydrogen (secondary N) is 1. The van der Waals surface area contributed by atoms with Crippen LogP contribution >= 0.6 is 0 Å². The summed E-state index contributed by atoms with van der Waals surface area (Å²) in [6.45, 7) is 2.03. The Morgan fingerprint density at radius 2 is 1.61 bits per heavy atom. The average Bonchev–Trinajstić information content (AvgIpc) is 2.72. The molecule has 0 atom stereocenters. The van der Waals surface area contributed by atoms with E-state index in [0.717, 1.165) is 16.8 Å². The van der Waals surface area contributed by atoms with Crippen LogP contribution in [0.15, 0.2) is 63.8 Å². The number of aliphatic hydroxyl groups is 1. The van der Waals surface area contributed by atoms with Gasteiger partial charge in [-0.05, 0) is 41.8 Å². The molecule has 146 valence electrons. The molecule has 2 aromatic carbocycles. The molecule has 3 aromatic rings. The third-order valence-corrected chi connectivity index (χ3v) is 4.74. The highest BCUT2D eigenvalue weighted by molar-refractivity contribution is 5.68. The van der Waals surface area contributed by atoms with Crippen LogP contribution in [-0.4, -0.2) is 19.2 Å². The Balaban J connectivity index is 1.73. The van der Waals surface area contributed by atoms with Crippen molar-refractivity contribution in [1.82, 2.24) is 0 Å². The summed E-state index contributed by atoms with van der Waals surface area (Å²) in [6, 6.07) is 17.9. The maximum Gasteiger partial charge on any atom is 0.188 e. The summed E-state index contributed by atoms with van der Waals surface area (Å²) in [6.07, 6.45) is 0.590. The molecule has 5 heteroatoms. The van der Waals surface area contributed by atoms with Crippen LogP contribution in [0.3, 0.4) is 0 Å². The van der Waals surface area contributed by atoms with E-state index in [1.807, 2.05) is 33.2 Å². The lowest BCUT2D eigenvalue weighted by Crippen LogP contribution is -2.14. The van der Waals surface area contributed by atoms with Gasteiger partial charge in [0.2, 0.25) is 0 Å². The van der Waals surface area contributed by atoms with Gasteiger partial charge in [-0.1, -0.05) is 31.2 Å². The van der Waals surface area contributed by atoms with Gasteiger partial charge < -0.3 is 19.7 Å². The number of anilines is 2. The first-order valence-corrected chi connectivity index (χ1v) is 9.39. The first-order valence-electron chi connectivity index (χ1n) is 9.39. The minimum atomic E-state index is -0.284. The summed E-state index contributed by atoms with van der Waals surface area (Å²) < 4.78 is 5.66. The van der Waals surface area contributed by atoms with E-state index in [-0.39, 0.29) is 17.8 Å². The fraction of sp³-hybridized carbons (Fsp3) is 0.261. The molecule has 0 aliphatic rings. The Morgan fingerprint density at radius 3 is 2.14 bits per heavy atom. The molecular formula is C23H26N2O3. The molecule has 0 amide bonds. The van der Waals surface area contributed by atoms with Crippen molar-refractivity contribution in [3.63, 3.8) is 0 Å². The van der Waals surface area contributed by atoms with E-state index in [2.05, 4.69) is 46.6 Å². The largest absolute Gasteiger partial charge is 0.461 e. The second-order valence-electron chi connectivity index (χ2n) is 6.86. The van der Waals surface area contributed by atoms with Crippen LogP contribution < -0.4 is 15.6 Å². The van der Waals surface area contributed by atoms with E-state index in [9.17, 15) is 9.90 Å². The fourth-order valence-corrected chi connectivity index (χ4v) is 3.13. The summed E-state index contributed by atoms with van der Waals surface area (Å²) in [5.74, 6) is 0.859. The lowest BCUT2D eigenvalue weighted by atomic mass is 10.0. The molecule has 0 aliphatic heterocycles. The molecule has 0 spiro atoms. The zero-order valence-corrected chi connectivity index (χ0v) is 16.5. The number of benzene rings is 2. The van der Waals surface area contributed by atoms with Crippen LogP contribution in [0.25, 0.3) is 11.1 Å². The van der Waals surface area contributed by atoms with Crippen LogP contribution in [0.1, 0.15) is 24.0 Å². The molecule has 2 N–H and O–H groups in total. The van der Waals surface area contributed by atoms with Gasteiger partial charge in [0.1, 0.15) is 18.1 Å². The van der Waals surface area contributed by atoms with Crippen LogP contribution in [0.4, 0.5) is 11.4 Å². The highest BCUT2D eigenvalue weighted by Gasteiger charge is 2.10. The SMILES string of the molecule is CCc1c(CNc2ccc(-c3ccc(N(C)C)cc3)cc2)oc(CO)cc1=O. The van der Waals surface area contributed by atoms with Gasteiger partial charge in [0.15, 0.2) is 5.43 Å². The lowest BCUT2D eigenvalue weighted by molar-refractivity contribution is 0.239. The van der Waals surface area contributed by atoms with Crippen LogP contribution in [0.5, 0.6) is 0 Å². The van der Waals surface area contributed by atoms with Crippen molar-refractivity contribution in [3.05, 3.63) is 81.9 Å². The van der Waals surface area contributed by atoms with Crippen molar-refractivity contribution in [2.45, 2.75) is 26.5 Å². The standard InChI is InChI=1S/C23H26N2O3/c1-4-21-22(27)13-20(15-26)28-23(21)14-24-18-9-5-16(6-10-18)17-7-11-19(12-8-17)25(2)3/h5-13,24,26H,4,14-15H2,1-3H3. The highest BCUT2D eigenvalue weighted by atomic mass is 16.4. The Bertz CT molecular complexity index is 974.